The number of hydrogen-bond acceptors (Lipinski definition) is 5. The average Bonchev–Trinajstić information content (AvgIpc) is 2.93. The highest BCUT2D eigenvalue weighted by Crippen LogP contribution is 2.32. The number of nitrogens with two attached hydrogens (primary N) is 1. The van der Waals surface area contributed by atoms with E-state index in [0.29, 0.717) is 23.4 Å². The number of hydrogen-bond donors (Lipinski definition) is 2. The number of anilines is 2. The molecular weight excluding hydrogens is 450 g/mol. The Bertz CT molecular complexity index is 1330. The van der Waals surface area contributed by atoms with E-state index < -0.39 is 21.9 Å². The maximum absolute atomic E-state index is 13.9. The van der Waals surface area contributed by atoms with Crippen LogP contribution in [-0.4, -0.2) is 38.3 Å². The molecule has 2 heterocycles. The first-order valence-electron chi connectivity index (χ1n) is 10.5. The minimum atomic E-state index is -3.97. The highest BCUT2D eigenvalue weighted by Gasteiger charge is 2.33. The predicted molar refractivity (Wildman–Crippen MR) is 123 cm³/mol. The molecule has 1 aliphatic heterocycles. The number of sulfonamides is 1. The molecule has 4 rings (SSSR count). The molecule has 0 radical (unpaired) electrons. The molecule has 1 aromatic heterocycles. The summed E-state index contributed by atoms with van der Waals surface area (Å²) in [5.41, 5.74) is 1.46. The van der Waals surface area contributed by atoms with Crippen LogP contribution in [0.3, 0.4) is 0 Å². The smallest absolute Gasteiger partial charge is 0.259 e. The van der Waals surface area contributed by atoms with Crippen molar-refractivity contribution in [3.63, 3.8) is 0 Å². The molecule has 2 aromatic carbocycles. The van der Waals surface area contributed by atoms with Gasteiger partial charge in [-0.3, -0.25) is 4.79 Å². The lowest BCUT2D eigenvalue weighted by Crippen LogP contribution is -2.29. The van der Waals surface area contributed by atoms with Crippen LogP contribution in [0.15, 0.2) is 53.4 Å². The Morgan fingerprint density at radius 1 is 1.12 bits per heavy atom. The Labute approximate surface area is 190 Å². The molecule has 174 valence electrons. The third-order valence-electron chi connectivity index (χ3n) is 5.80. The molecule has 0 aliphatic carbocycles. The van der Waals surface area contributed by atoms with E-state index >= 15 is 0 Å². The lowest BCUT2D eigenvalue weighted by molar-refractivity contribution is -0.0102. The number of nitrogens with one attached hydrogen (secondary N) is 1. The predicted octanol–water partition coefficient (Wildman–Crippen LogP) is 4.07. The van der Waals surface area contributed by atoms with E-state index in [1.54, 1.807) is 30.0 Å². The zero-order chi connectivity index (χ0) is 23.8. The van der Waals surface area contributed by atoms with Crippen molar-refractivity contribution in [2.24, 2.45) is 5.14 Å². The first-order chi connectivity index (χ1) is 15.5. The van der Waals surface area contributed by atoms with Gasteiger partial charge in [0.15, 0.2) is 0 Å². The third-order valence-corrected chi connectivity index (χ3v) is 6.86. The SMILES string of the molecule is Cc1c(NC(=O)c2cc3ccccc3nc2N2CCCC(F)(F)CC2)cccc1S(N)(=O)=O. The number of benzene rings is 2. The van der Waals surface area contributed by atoms with Gasteiger partial charge in [-0.2, -0.15) is 0 Å². The van der Waals surface area contributed by atoms with E-state index in [0.717, 1.165) is 5.39 Å². The first kappa shape index (κ1) is 23.1. The van der Waals surface area contributed by atoms with Crippen molar-refractivity contribution in [1.82, 2.24) is 4.98 Å². The summed E-state index contributed by atoms with van der Waals surface area (Å²) in [7, 11) is -3.97. The highest BCUT2D eigenvalue weighted by atomic mass is 32.2. The normalized spacial score (nSPS) is 16.4. The second kappa shape index (κ2) is 8.68. The minimum absolute atomic E-state index is 0.0680. The quantitative estimate of drug-likeness (QED) is 0.593. The summed E-state index contributed by atoms with van der Waals surface area (Å²) in [6.45, 7) is 1.96. The van der Waals surface area contributed by atoms with Gasteiger partial charge >= 0.3 is 0 Å². The van der Waals surface area contributed by atoms with E-state index in [-0.39, 0.29) is 42.0 Å². The van der Waals surface area contributed by atoms with Crippen LogP contribution in [0.2, 0.25) is 0 Å². The summed E-state index contributed by atoms with van der Waals surface area (Å²) in [4.78, 5) is 19.6. The minimum Gasteiger partial charge on any atom is -0.356 e. The van der Waals surface area contributed by atoms with Crippen molar-refractivity contribution in [3.8, 4) is 0 Å². The van der Waals surface area contributed by atoms with Gasteiger partial charge in [0.2, 0.25) is 15.9 Å². The molecule has 10 heteroatoms. The Morgan fingerprint density at radius 3 is 2.64 bits per heavy atom. The molecule has 0 saturated carbocycles. The fraction of sp³-hybridized carbons (Fsp3) is 0.304. The van der Waals surface area contributed by atoms with Gasteiger partial charge in [-0.05, 0) is 43.2 Å². The van der Waals surface area contributed by atoms with Gasteiger partial charge < -0.3 is 10.2 Å². The van der Waals surface area contributed by atoms with Crippen LogP contribution in [0.4, 0.5) is 20.3 Å². The molecule has 1 amide bonds. The van der Waals surface area contributed by atoms with E-state index in [2.05, 4.69) is 10.3 Å². The number of halogens is 2. The lowest BCUT2D eigenvalue weighted by Gasteiger charge is -2.24. The van der Waals surface area contributed by atoms with Crippen LogP contribution >= 0.6 is 0 Å². The average molecular weight is 475 g/mol. The van der Waals surface area contributed by atoms with Crippen molar-refractivity contribution in [3.05, 3.63) is 59.7 Å². The lowest BCUT2D eigenvalue weighted by atomic mass is 10.1. The fourth-order valence-electron chi connectivity index (χ4n) is 4.04. The van der Waals surface area contributed by atoms with Gasteiger partial charge in [-0.1, -0.05) is 24.3 Å². The summed E-state index contributed by atoms with van der Waals surface area (Å²) in [5, 5.41) is 8.74. The van der Waals surface area contributed by atoms with E-state index in [1.807, 2.05) is 18.2 Å². The van der Waals surface area contributed by atoms with Crippen molar-refractivity contribution in [1.29, 1.82) is 0 Å². The van der Waals surface area contributed by atoms with E-state index in [1.165, 1.54) is 12.1 Å². The number of para-hydroxylation sites is 1. The van der Waals surface area contributed by atoms with Crippen LogP contribution in [0.5, 0.6) is 0 Å². The Hall–Kier alpha value is -3.11. The maximum Gasteiger partial charge on any atom is 0.259 e. The van der Waals surface area contributed by atoms with Gasteiger partial charge in [-0.25, -0.2) is 27.3 Å². The highest BCUT2D eigenvalue weighted by molar-refractivity contribution is 7.89. The zero-order valence-electron chi connectivity index (χ0n) is 18.0. The first-order valence-corrected chi connectivity index (χ1v) is 12.1. The summed E-state index contributed by atoms with van der Waals surface area (Å²) in [6, 6.07) is 13.3. The summed E-state index contributed by atoms with van der Waals surface area (Å²) in [6.07, 6.45) is -0.256. The Balaban J connectivity index is 1.75. The summed E-state index contributed by atoms with van der Waals surface area (Å²) < 4.78 is 51.6. The number of fused-ring (bicyclic) bond motifs is 1. The number of primary sulfonamides is 1. The molecule has 0 spiro atoms. The molecule has 3 aromatic rings. The molecule has 0 unspecified atom stereocenters. The summed E-state index contributed by atoms with van der Waals surface area (Å²) >= 11 is 0. The van der Waals surface area contributed by atoms with Crippen molar-refractivity contribution < 1.29 is 22.0 Å². The van der Waals surface area contributed by atoms with Gasteiger partial charge in [0.25, 0.3) is 5.91 Å². The largest absolute Gasteiger partial charge is 0.356 e. The molecule has 33 heavy (non-hydrogen) atoms. The van der Waals surface area contributed by atoms with Gasteiger partial charge in [-0.15, -0.1) is 0 Å². The summed E-state index contributed by atoms with van der Waals surface area (Å²) in [5.74, 6) is -2.95. The van der Waals surface area contributed by atoms with Gasteiger partial charge in [0.1, 0.15) is 5.82 Å². The number of alkyl halides is 2. The number of rotatable bonds is 4. The fourth-order valence-corrected chi connectivity index (χ4v) is 4.84. The van der Waals surface area contributed by atoms with Crippen LogP contribution in [0.1, 0.15) is 35.2 Å². The Kier molecular flexibility index (Phi) is 6.06. The van der Waals surface area contributed by atoms with E-state index in [9.17, 15) is 22.0 Å². The van der Waals surface area contributed by atoms with Crippen LogP contribution in [0.25, 0.3) is 10.9 Å². The van der Waals surface area contributed by atoms with E-state index in [4.69, 9.17) is 5.14 Å². The number of carbonyl (C=O) groups excluding carboxylic acids is 1. The topological polar surface area (TPSA) is 105 Å². The standard InChI is InChI=1S/C23H24F2N4O3S/c1-15-18(8-4-9-20(15)33(26,31)32)28-22(30)17-14-16-6-2-3-7-19(16)27-21(17)29-12-5-10-23(24,25)11-13-29/h2-4,6-9,14H,5,10-13H2,1H3,(H,28,30)(H2,26,31,32). The Morgan fingerprint density at radius 2 is 1.88 bits per heavy atom. The molecule has 7 nitrogen and oxygen atoms in total. The van der Waals surface area contributed by atoms with Crippen LogP contribution < -0.4 is 15.4 Å². The van der Waals surface area contributed by atoms with Crippen LogP contribution in [-0.2, 0) is 10.0 Å². The van der Waals surface area contributed by atoms with Crippen molar-refractivity contribution in [2.75, 3.05) is 23.3 Å². The zero-order valence-corrected chi connectivity index (χ0v) is 18.8. The molecule has 3 N–H and O–H groups in total. The maximum atomic E-state index is 13.9. The molecular formula is C23H24F2N4O3S. The number of pyridine rings is 1. The number of nitrogens with zero attached hydrogens (tertiary/aromatic N) is 2. The van der Waals surface area contributed by atoms with Gasteiger partial charge in [0.05, 0.1) is 16.0 Å². The van der Waals surface area contributed by atoms with Crippen LogP contribution in [0, 0.1) is 6.92 Å². The molecule has 1 saturated heterocycles. The number of aromatic nitrogens is 1. The number of amides is 1. The second-order valence-corrected chi connectivity index (χ2v) is 9.71. The second-order valence-electron chi connectivity index (χ2n) is 8.18. The monoisotopic (exact) mass is 474 g/mol. The van der Waals surface area contributed by atoms with Gasteiger partial charge in [0, 0.05) is 37.0 Å². The molecule has 0 bridgehead atoms. The molecule has 1 aliphatic rings. The van der Waals surface area contributed by atoms with Crippen molar-refractivity contribution in [2.45, 2.75) is 37.0 Å². The number of carbonyl (C=O) groups is 1. The third kappa shape index (κ3) is 4.96. The molecule has 1 fully saturated rings. The van der Waals surface area contributed by atoms with Crippen molar-refractivity contribution >= 4 is 38.3 Å². The molecule has 0 atom stereocenters.